The number of aliphatic hydroxyl groups excluding tert-OH is 1. The maximum absolute atomic E-state index is 11.6. The lowest BCUT2D eigenvalue weighted by atomic mass is 9.79. The van der Waals surface area contributed by atoms with Crippen LogP contribution in [-0.4, -0.2) is 63.8 Å². The van der Waals surface area contributed by atoms with Gasteiger partial charge in [-0.25, -0.2) is 0 Å². The van der Waals surface area contributed by atoms with Gasteiger partial charge in [0.25, 0.3) is 0 Å². The number of fused-ring (bicyclic) bond motifs is 1. The number of nitrogens with zero attached hydrogens (tertiary/aromatic N) is 2. The Morgan fingerprint density at radius 2 is 2.06 bits per heavy atom. The first-order chi connectivity index (χ1) is 16.5. The Morgan fingerprint density at radius 1 is 1.24 bits per heavy atom. The smallest absolute Gasteiger partial charge is 0.303 e. The van der Waals surface area contributed by atoms with E-state index in [-0.39, 0.29) is 12.3 Å². The number of benzene rings is 1. The molecule has 2 heterocycles. The molecule has 1 aliphatic heterocycles. The Labute approximate surface area is 207 Å². The van der Waals surface area contributed by atoms with Crippen LogP contribution in [0.1, 0.15) is 63.0 Å². The van der Waals surface area contributed by atoms with E-state index in [1.165, 1.54) is 25.7 Å². The van der Waals surface area contributed by atoms with E-state index in [4.69, 9.17) is 4.74 Å². The summed E-state index contributed by atoms with van der Waals surface area (Å²) in [6.45, 7) is 2.93. The quantitative estimate of drug-likeness (QED) is 0.455. The average molecular weight is 487 g/mol. The third kappa shape index (κ3) is 6.64. The number of aromatic nitrogens is 1. The fourth-order valence-corrected chi connectivity index (χ4v) is 7.05. The van der Waals surface area contributed by atoms with Crippen LogP contribution >= 0.6 is 11.8 Å². The molecule has 1 saturated carbocycles. The van der Waals surface area contributed by atoms with Crippen LogP contribution in [-0.2, 0) is 4.79 Å². The molecule has 0 bridgehead atoms. The standard InChI is InChI=1S/C27H38N2O4S/c1-33-21-7-8-25-24(17-21)23(10-12-28-25)26(30)9-6-19-11-13-29(18-20(19)16-27(31)32)14-15-34-22-4-2-3-5-22/h7-8,10,12,17,19-20,22,26,30H,2-6,9,11,13-16,18H2,1H3,(H,31,32)/t19-,20+,26-/m1/s1. The van der Waals surface area contributed by atoms with Gasteiger partial charge in [-0.3, -0.25) is 9.78 Å². The number of carbonyl (C=O) groups is 1. The van der Waals surface area contributed by atoms with Gasteiger partial charge in [0.1, 0.15) is 5.75 Å². The summed E-state index contributed by atoms with van der Waals surface area (Å²) >= 11 is 2.10. The van der Waals surface area contributed by atoms with Crippen molar-refractivity contribution in [1.29, 1.82) is 0 Å². The zero-order valence-corrected chi connectivity index (χ0v) is 21.0. The maximum Gasteiger partial charge on any atom is 0.303 e. The molecule has 0 spiro atoms. The topological polar surface area (TPSA) is 82.9 Å². The van der Waals surface area contributed by atoms with Gasteiger partial charge in [0, 0.05) is 42.1 Å². The molecule has 3 atom stereocenters. The normalized spacial score (nSPS) is 22.8. The fraction of sp³-hybridized carbons (Fsp3) is 0.630. The van der Waals surface area contributed by atoms with Crippen molar-refractivity contribution in [2.24, 2.45) is 11.8 Å². The summed E-state index contributed by atoms with van der Waals surface area (Å²) in [5.74, 6) is 1.64. The molecule has 0 amide bonds. The Balaban J connectivity index is 1.34. The third-order valence-electron chi connectivity index (χ3n) is 7.63. The predicted octanol–water partition coefficient (Wildman–Crippen LogP) is 5.15. The van der Waals surface area contributed by atoms with Crippen LogP contribution in [0.25, 0.3) is 10.9 Å². The zero-order chi connectivity index (χ0) is 23.9. The number of ether oxygens (including phenoxy) is 1. The Kier molecular flexibility index (Phi) is 9.09. The van der Waals surface area contributed by atoms with Crippen molar-refractivity contribution in [2.45, 2.75) is 62.7 Å². The van der Waals surface area contributed by atoms with Gasteiger partial charge in [-0.1, -0.05) is 12.8 Å². The molecule has 0 unspecified atom stereocenters. The minimum absolute atomic E-state index is 0.143. The van der Waals surface area contributed by atoms with Crippen LogP contribution in [0.3, 0.4) is 0 Å². The second kappa shape index (κ2) is 12.2. The van der Waals surface area contributed by atoms with E-state index in [1.54, 1.807) is 13.3 Å². The molecule has 1 saturated heterocycles. The molecule has 186 valence electrons. The van der Waals surface area contributed by atoms with Gasteiger partial charge in [0.15, 0.2) is 0 Å². The van der Waals surface area contributed by atoms with Gasteiger partial charge in [0.05, 0.1) is 18.7 Å². The largest absolute Gasteiger partial charge is 0.497 e. The van der Waals surface area contributed by atoms with E-state index in [2.05, 4.69) is 21.6 Å². The monoisotopic (exact) mass is 486 g/mol. The predicted molar refractivity (Wildman–Crippen MR) is 137 cm³/mol. The second-order valence-electron chi connectivity index (χ2n) is 9.86. The summed E-state index contributed by atoms with van der Waals surface area (Å²) in [4.78, 5) is 18.5. The number of hydrogen-bond acceptors (Lipinski definition) is 6. The molecule has 1 aromatic heterocycles. The number of rotatable bonds is 11. The van der Waals surface area contributed by atoms with Gasteiger partial charge in [-0.05, 0) is 80.3 Å². The van der Waals surface area contributed by atoms with Crippen molar-refractivity contribution in [3.8, 4) is 5.75 Å². The number of hydrogen-bond donors (Lipinski definition) is 2. The number of aliphatic hydroxyl groups is 1. The SMILES string of the molecule is COc1ccc2nccc([C@H](O)CC[C@@H]3CCN(CCSC4CCCC4)C[C@@H]3CC(=O)O)c2c1. The highest BCUT2D eigenvalue weighted by Gasteiger charge is 2.31. The first kappa shape index (κ1) is 25.3. The number of pyridine rings is 1. The summed E-state index contributed by atoms with van der Waals surface area (Å²) in [6.07, 6.45) is 9.26. The number of carboxylic acids is 1. The zero-order valence-electron chi connectivity index (χ0n) is 20.2. The molecule has 4 rings (SSSR count). The molecule has 6 nitrogen and oxygen atoms in total. The second-order valence-corrected chi connectivity index (χ2v) is 11.3. The molecule has 1 aliphatic carbocycles. The van der Waals surface area contributed by atoms with E-state index in [9.17, 15) is 15.0 Å². The molecular weight excluding hydrogens is 448 g/mol. The van der Waals surface area contributed by atoms with Gasteiger partial charge in [-0.2, -0.15) is 11.8 Å². The summed E-state index contributed by atoms with van der Waals surface area (Å²) in [5, 5.41) is 22.3. The molecule has 2 N–H and O–H groups in total. The van der Waals surface area contributed by atoms with Gasteiger partial charge in [0.2, 0.25) is 0 Å². The molecular formula is C27H38N2O4S. The van der Waals surface area contributed by atoms with E-state index < -0.39 is 12.1 Å². The molecule has 34 heavy (non-hydrogen) atoms. The Morgan fingerprint density at radius 3 is 2.82 bits per heavy atom. The number of likely N-dealkylation sites (tertiary alicyclic amines) is 1. The summed E-state index contributed by atoms with van der Waals surface area (Å²) in [7, 11) is 1.63. The van der Waals surface area contributed by atoms with Gasteiger partial charge >= 0.3 is 5.97 Å². The molecule has 2 aromatic rings. The van der Waals surface area contributed by atoms with Gasteiger partial charge < -0.3 is 19.8 Å². The van der Waals surface area contributed by atoms with Crippen molar-refractivity contribution in [3.05, 3.63) is 36.0 Å². The first-order valence-electron chi connectivity index (χ1n) is 12.7. The maximum atomic E-state index is 11.6. The fourth-order valence-electron chi connectivity index (χ4n) is 5.69. The van der Waals surface area contributed by atoms with Crippen molar-refractivity contribution in [1.82, 2.24) is 9.88 Å². The highest BCUT2D eigenvalue weighted by molar-refractivity contribution is 7.99. The summed E-state index contributed by atoms with van der Waals surface area (Å²) in [6, 6.07) is 7.60. The number of thioether (sulfide) groups is 1. The number of methoxy groups -OCH3 is 1. The van der Waals surface area contributed by atoms with Crippen molar-refractivity contribution < 1.29 is 19.7 Å². The Hall–Kier alpha value is -1.83. The van der Waals surface area contributed by atoms with Crippen molar-refractivity contribution in [2.75, 3.05) is 32.5 Å². The molecule has 2 aliphatic rings. The van der Waals surface area contributed by atoms with Crippen LogP contribution in [0.4, 0.5) is 0 Å². The highest BCUT2D eigenvalue weighted by Crippen LogP contribution is 2.35. The molecule has 0 radical (unpaired) electrons. The Bertz CT molecular complexity index is 949. The summed E-state index contributed by atoms with van der Waals surface area (Å²) < 4.78 is 5.36. The lowest BCUT2D eigenvalue weighted by Crippen LogP contribution is -2.42. The minimum Gasteiger partial charge on any atom is -0.497 e. The van der Waals surface area contributed by atoms with Gasteiger partial charge in [-0.15, -0.1) is 0 Å². The highest BCUT2D eigenvalue weighted by atomic mass is 32.2. The van der Waals surface area contributed by atoms with E-state index in [0.717, 1.165) is 65.7 Å². The number of carboxylic acid groups (broad SMARTS) is 1. The number of piperidine rings is 1. The van der Waals surface area contributed by atoms with Crippen molar-refractivity contribution >= 4 is 28.6 Å². The first-order valence-corrected chi connectivity index (χ1v) is 13.7. The van der Waals surface area contributed by atoms with E-state index in [1.807, 2.05) is 24.3 Å². The van der Waals surface area contributed by atoms with E-state index in [0.29, 0.717) is 12.3 Å². The number of aliphatic carboxylic acids is 1. The van der Waals surface area contributed by atoms with E-state index >= 15 is 0 Å². The molecule has 1 aromatic carbocycles. The third-order valence-corrected chi connectivity index (χ3v) is 8.99. The van der Waals surface area contributed by atoms with Crippen LogP contribution in [0.15, 0.2) is 30.5 Å². The minimum atomic E-state index is -0.718. The molecule has 2 fully saturated rings. The van der Waals surface area contributed by atoms with Crippen LogP contribution in [0, 0.1) is 11.8 Å². The molecule has 7 heteroatoms. The summed E-state index contributed by atoms with van der Waals surface area (Å²) in [5.41, 5.74) is 1.70. The van der Waals surface area contributed by atoms with Crippen LogP contribution in [0.2, 0.25) is 0 Å². The lowest BCUT2D eigenvalue weighted by molar-refractivity contribution is -0.139. The average Bonchev–Trinajstić information content (AvgIpc) is 3.36. The van der Waals surface area contributed by atoms with Crippen molar-refractivity contribution in [3.63, 3.8) is 0 Å². The van der Waals surface area contributed by atoms with Crippen LogP contribution < -0.4 is 4.74 Å². The van der Waals surface area contributed by atoms with Crippen LogP contribution in [0.5, 0.6) is 5.75 Å². The lowest BCUT2D eigenvalue weighted by Gasteiger charge is -2.38.